The first-order valence-corrected chi connectivity index (χ1v) is 4.85. The Bertz CT molecular complexity index is 441. The minimum absolute atomic E-state index is 0.175. The monoisotopic (exact) mass is 221 g/mol. The van der Waals surface area contributed by atoms with E-state index in [2.05, 4.69) is 5.32 Å². The molecule has 2 amide bonds. The van der Waals surface area contributed by atoms with Gasteiger partial charge in [-0.3, -0.25) is 9.59 Å². The van der Waals surface area contributed by atoms with Crippen LogP contribution in [0.1, 0.15) is 21.5 Å². The van der Waals surface area contributed by atoms with Crippen molar-refractivity contribution in [1.29, 1.82) is 0 Å². The summed E-state index contributed by atoms with van der Waals surface area (Å²) in [4.78, 5) is 22.2. The van der Waals surface area contributed by atoms with Crippen LogP contribution in [0.4, 0.5) is 5.69 Å². The molecule has 1 aromatic carbocycles. The fourth-order valence-corrected chi connectivity index (χ4v) is 1.38. The Morgan fingerprint density at radius 2 is 1.88 bits per heavy atom. The predicted molar refractivity (Wildman–Crippen MR) is 61.9 cm³/mol. The molecule has 0 aliphatic carbocycles. The molecule has 0 aromatic heterocycles. The molecular weight excluding hydrogens is 206 g/mol. The molecule has 0 atom stereocenters. The van der Waals surface area contributed by atoms with Crippen LogP contribution in [0.15, 0.2) is 12.1 Å². The summed E-state index contributed by atoms with van der Waals surface area (Å²) < 4.78 is 0. The van der Waals surface area contributed by atoms with Crippen molar-refractivity contribution in [2.75, 3.05) is 12.3 Å². The van der Waals surface area contributed by atoms with Gasteiger partial charge < -0.3 is 16.8 Å². The average Bonchev–Trinajstić information content (AvgIpc) is 2.20. The first kappa shape index (κ1) is 12.0. The van der Waals surface area contributed by atoms with E-state index in [1.807, 2.05) is 19.9 Å². The zero-order chi connectivity index (χ0) is 12.3. The molecule has 0 aliphatic heterocycles. The molecule has 5 nitrogen and oxygen atoms in total. The molecule has 1 aromatic rings. The minimum Gasteiger partial charge on any atom is -0.398 e. The number of nitrogens with two attached hydrogens (primary N) is 2. The van der Waals surface area contributed by atoms with Gasteiger partial charge in [0.25, 0.3) is 5.91 Å². The molecule has 0 saturated carbocycles. The number of nitrogens with one attached hydrogen (secondary N) is 1. The van der Waals surface area contributed by atoms with Crippen molar-refractivity contribution in [3.05, 3.63) is 28.8 Å². The van der Waals surface area contributed by atoms with Gasteiger partial charge in [0.15, 0.2) is 0 Å². The Morgan fingerprint density at radius 1 is 1.25 bits per heavy atom. The van der Waals surface area contributed by atoms with Crippen LogP contribution in [-0.4, -0.2) is 18.4 Å². The summed E-state index contributed by atoms with van der Waals surface area (Å²) >= 11 is 0. The lowest BCUT2D eigenvalue weighted by atomic mass is 10.0. The van der Waals surface area contributed by atoms with Gasteiger partial charge in [-0.15, -0.1) is 0 Å². The van der Waals surface area contributed by atoms with Crippen LogP contribution in [-0.2, 0) is 4.79 Å². The number of carbonyl (C=O) groups is 2. The molecule has 5 heteroatoms. The molecule has 0 heterocycles. The van der Waals surface area contributed by atoms with E-state index in [9.17, 15) is 9.59 Å². The standard InChI is InChI=1S/C11H15N3O2/c1-6-3-7(2)9(12)4-8(6)11(16)14-5-10(13)15/h3-4H,5,12H2,1-2H3,(H2,13,15)(H,14,16). The number of anilines is 1. The summed E-state index contributed by atoms with van der Waals surface area (Å²) in [6.07, 6.45) is 0. The topological polar surface area (TPSA) is 98.2 Å². The van der Waals surface area contributed by atoms with E-state index < -0.39 is 5.91 Å². The second-order valence-corrected chi connectivity index (χ2v) is 3.67. The Kier molecular flexibility index (Phi) is 3.50. The number of carbonyl (C=O) groups excluding carboxylic acids is 2. The van der Waals surface area contributed by atoms with Crippen molar-refractivity contribution in [2.24, 2.45) is 5.73 Å². The van der Waals surface area contributed by atoms with E-state index in [0.29, 0.717) is 11.3 Å². The van der Waals surface area contributed by atoms with Gasteiger partial charge in [-0.25, -0.2) is 0 Å². The van der Waals surface area contributed by atoms with Crippen molar-refractivity contribution in [2.45, 2.75) is 13.8 Å². The molecule has 0 saturated heterocycles. The summed E-state index contributed by atoms with van der Waals surface area (Å²) in [6.45, 7) is 3.51. The molecule has 0 unspecified atom stereocenters. The van der Waals surface area contributed by atoms with Gasteiger partial charge in [0, 0.05) is 11.3 Å². The lowest BCUT2D eigenvalue weighted by Crippen LogP contribution is -2.33. The van der Waals surface area contributed by atoms with Crippen molar-refractivity contribution in [1.82, 2.24) is 5.32 Å². The zero-order valence-electron chi connectivity index (χ0n) is 9.33. The Labute approximate surface area is 93.8 Å². The highest BCUT2D eigenvalue weighted by Gasteiger charge is 2.11. The van der Waals surface area contributed by atoms with Crippen LogP contribution in [0.3, 0.4) is 0 Å². The highest BCUT2D eigenvalue weighted by molar-refractivity contribution is 5.98. The maximum atomic E-state index is 11.7. The largest absolute Gasteiger partial charge is 0.398 e. The van der Waals surface area contributed by atoms with Gasteiger partial charge >= 0.3 is 0 Å². The van der Waals surface area contributed by atoms with Gasteiger partial charge in [0.05, 0.1) is 6.54 Å². The molecule has 0 spiro atoms. The quantitative estimate of drug-likeness (QED) is 0.631. The van der Waals surface area contributed by atoms with Crippen LogP contribution in [0, 0.1) is 13.8 Å². The Hall–Kier alpha value is -2.04. The number of primary amides is 1. The molecule has 86 valence electrons. The minimum atomic E-state index is -0.578. The summed E-state index contributed by atoms with van der Waals surface area (Å²) in [6, 6.07) is 3.43. The highest BCUT2D eigenvalue weighted by Crippen LogP contribution is 2.17. The van der Waals surface area contributed by atoms with Crippen LogP contribution >= 0.6 is 0 Å². The molecule has 0 fully saturated rings. The Balaban J connectivity index is 2.91. The van der Waals surface area contributed by atoms with Gasteiger partial charge in [0.2, 0.25) is 5.91 Å². The molecule has 5 N–H and O–H groups in total. The predicted octanol–water partition coefficient (Wildman–Crippen LogP) is 0.101. The summed E-state index contributed by atoms with van der Waals surface area (Å²) in [7, 11) is 0. The van der Waals surface area contributed by atoms with E-state index in [4.69, 9.17) is 11.5 Å². The zero-order valence-corrected chi connectivity index (χ0v) is 9.33. The van der Waals surface area contributed by atoms with Crippen LogP contribution in [0.5, 0.6) is 0 Å². The summed E-state index contributed by atoms with van der Waals surface area (Å²) in [5.74, 6) is -0.922. The molecule has 1 rings (SSSR count). The lowest BCUT2D eigenvalue weighted by molar-refractivity contribution is -0.117. The van der Waals surface area contributed by atoms with Gasteiger partial charge in [-0.2, -0.15) is 0 Å². The third-order valence-electron chi connectivity index (χ3n) is 2.28. The van der Waals surface area contributed by atoms with Crippen molar-refractivity contribution in [3.63, 3.8) is 0 Å². The average molecular weight is 221 g/mol. The molecule has 0 bridgehead atoms. The van der Waals surface area contributed by atoms with E-state index in [1.54, 1.807) is 6.07 Å². The number of nitrogen functional groups attached to an aromatic ring is 1. The first-order chi connectivity index (χ1) is 7.41. The second kappa shape index (κ2) is 4.65. The fraction of sp³-hybridized carbons (Fsp3) is 0.273. The van der Waals surface area contributed by atoms with E-state index in [0.717, 1.165) is 11.1 Å². The third kappa shape index (κ3) is 2.73. The third-order valence-corrected chi connectivity index (χ3v) is 2.28. The fourth-order valence-electron chi connectivity index (χ4n) is 1.38. The van der Waals surface area contributed by atoms with Gasteiger partial charge in [-0.05, 0) is 31.0 Å². The van der Waals surface area contributed by atoms with E-state index in [1.165, 1.54) is 0 Å². The number of amides is 2. The number of rotatable bonds is 3. The van der Waals surface area contributed by atoms with Crippen LogP contribution in [0.25, 0.3) is 0 Å². The maximum absolute atomic E-state index is 11.7. The highest BCUT2D eigenvalue weighted by atomic mass is 16.2. The number of hydrogen-bond donors (Lipinski definition) is 3. The van der Waals surface area contributed by atoms with E-state index in [-0.39, 0.29) is 12.5 Å². The van der Waals surface area contributed by atoms with Crippen LogP contribution < -0.4 is 16.8 Å². The normalized spacial score (nSPS) is 9.88. The molecule has 0 radical (unpaired) electrons. The molecule has 16 heavy (non-hydrogen) atoms. The van der Waals surface area contributed by atoms with Crippen molar-refractivity contribution < 1.29 is 9.59 Å². The lowest BCUT2D eigenvalue weighted by Gasteiger charge is -2.09. The smallest absolute Gasteiger partial charge is 0.252 e. The Morgan fingerprint density at radius 3 is 2.44 bits per heavy atom. The summed E-state index contributed by atoms with van der Waals surface area (Å²) in [5.41, 5.74) is 13.4. The number of aryl methyl sites for hydroxylation is 2. The van der Waals surface area contributed by atoms with Crippen LogP contribution in [0.2, 0.25) is 0 Å². The molecule has 0 aliphatic rings. The SMILES string of the molecule is Cc1cc(C)c(C(=O)NCC(N)=O)cc1N. The molecular formula is C11H15N3O2. The maximum Gasteiger partial charge on any atom is 0.252 e. The van der Waals surface area contributed by atoms with Crippen molar-refractivity contribution >= 4 is 17.5 Å². The second-order valence-electron chi connectivity index (χ2n) is 3.67. The van der Waals surface area contributed by atoms with E-state index >= 15 is 0 Å². The van der Waals surface area contributed by atoms with Gasteiger partial charge in [-0.1, -0.05) is 6.07 Å². The number of hydrogen-bond acceptors (Lipinski definition) is 3. The summed E-state index contributed by atoms with van der Waals surface area (Å²) in [5, 5.41) is 2.42. The number of benzene rings is 1. The first-order valence-electron chi connectivity index (χ1n) is 4.85. The van der Waals surface area contributed by atoms with Crippen molar-refractivity contribution in [3.8, 4) is 0 Å². The van der Waals surface area contributed by atoms with Gasteiger partial charge in [0.1, 0.15) is 0 Å².